The zero-order chi connectivity index (χ0) is 15.4. The first-order valence-electron chi connectivity index (χ1n) is 7.08. The van der Waals surface area contributed by atoms with Crippen LogP contribution in [0.25, 0.3) is 11.3 Å². The zero-order valence-electron chi connectivity index (χ0n) is 12.6. The van der Waals surface area contributed by atoms with Crippen molar-refractivity contribution in [3.63, 3.8) is 0 Å². The summed E-state index contributed by atoms with van der Waals surface area (Å²) in [5, 5.41) is 9.24. The number of nitrogens with zero attached hydrogens (tertiary/aromatic N) is 3. The topological polar surface area (TPSA) is 28.5 Å². The highest BCUT2D eigenvalue weighted by molar-refractivity contribution is 7.14. The highest BCUT2D eigenvalue weighted by Crippen LogP contribution is 2.26. The van der Waals surface area contributed by atoms with E-state index >= 15 is 0 Å². The lowest BCUT2D eigenvalue weighted by molar-refractivity contribution is 1.01. The highest BCUT2D eigenvalue weighted by Gasteiger charge is 2.07. The first-order chi connectivity index (χ1) is 10.7. The summed E-state index contributed by atoms with van der Waals surface area (Å²) < 4.78 is 0. The smallest absolute Gasteiger partial charge is 0.206 e. The maximum absolute atomic E-state index is 4.65. The van der Waals surface area contributed by atoms with E-state index in [0.717, 1.165) is 22.0 Å². The van der Waals surface area contributed by atoms with E-state index in [0.29, 0.717) is 0 Å². The van der Waals surface area contributed by atoms with Crippen LogP contribution < -0.4 is 5.01 Å². The summed E-state index contributed by atoms with van der Waals surface area (Å²) in [5.74, 6) is 0. The standard InChI is InChI=1S/C18H17N3S/c1-14-8-6-7-11-16(14)12-19-21(2)18-20-17(13-22-18)15-9-4-3-5-10-15/h3-13H,1-2H3/b19-12+. The van der Waals surface area contributed by atoms with Crippen molar-refractivity contribution >= 4 is 22.7 Å². The Bertz CT molecular complexity index is 778. The minimum atomic E-state index is 0.878. The zero-order valence-corrected chi connectivity index (χ0v) is 13.4. The molecule has 0 spiro atoms. The average Bonchev–Trinajstić information content (AvgIpc) is 3.05. The number of hydrogen-bond acceptors (Lipinski definition) is 4. The van der Waals surface area contributed by atoms with Crippen LogP contribution in [0.4, 0.5) is 5.13 Å². The molecule has 1 aromatic heterocycles. The van der Waals surface area contributed by atoms with Gasteiger partial charge in [-0.05, 0) is 18.1 Å². The summed E-state index contributed by atoms with van der Waals surface area (Å²) in [6.45, 7) is 2.08. The van der Waals surface area contributed by atoms with Crippen LogP contribution in [0.2, 0.25) is 0 Å². The monoisotopic (exact) mass is 307 g/mol. The molecule has 110 valence electrons. The average molecular weight is 307 g/mol. The van der Waals surface area contributed by atoms with Crippen LogP contribution in [0.3, 0.4) is 0 Å². The highest BCUT2D eigenvalue weighted by atomic mass is 32.1. The lowest BCUT2D eigenvalue weighted by Gasteiger charge is -2.08. The third-order valence-corrected chi connectivity index (χ3v) is 4.30. The van der Waals surface area contributed by atoms with E-state index in [4.69, 9.17) is 0 Å². The number of thiazole rings is 1. The van der Waals surface area contributed by atoms with Gasteiger partial charge >= 0.3 is 0 Å². The van der Waals surface area contributed by atoms with Crippen LogP contribution in [0.1, 0.15) is 11.1 Å². The van der Waals surface area contributed by atoms with Crippen LogP contribution in [-0.4, -0.2) is 18.2 Å². The predicted molar refractivity (Wildman–Crippen MR) is 94.7 cm³/mol. The molecule has 0 amide bonds. The van der Waals surface area contributed by atoms with E-state index in [1.807, 2.05) is 48.6 Å². The van der Waals surface area contributed by atoms with Crippen molar-refractivity contribution in [3.05, 3.63) is 71.1 Å². The van der Waals surface area contributed by atoms with Gasteiger partial charge in [0.05, 0.1) is 11.9 Å². The fourth-order valence-corrected chi connectivity index (χ4v) is 2.84. The van der Waals surface area contributed by atoms with Gasteiger partial charge in [0, 0.05) is 18.0 Å². The molecule has 3 rings (SSSR count). The SMILES string of the molecule is Cc1ccccc1/C=N/N(C)c1nc(-c2ccccc2)cs1. The number of rotatable bonds is 4. The molecule has 22 heavy (non-hydrogen) atoms. The van der Waals surface area contributed by atoms with E-state index in [-0.39, 0.29) is 0 Å². The molecule has 0 saturated heterocycles. The number of hydrogen-bond donors (Lipinski definition) is 0. The summed E-state index contributed by atoms with van der Waals surface area (Å²) in [4.78, 5) is 4.65. The third-order valence-electron chi connectivity index (χ3n) is 3.40. The van der Waals surface area contributed by atoms with Crippen molar-refractivity contribution in [1.29, 1.82) is 0 Å². The van der Waals surface area contributed by atoms with Crippen LogP contribution in [0.5, 0.6) is 0 Å². The van der Waals surface area contributed by atoms with Crippen molar-refractivity contribution < 1.29 is 0 Å². The first kappa shape index (κ1) is 14.5. The summed E-state index contributed by atoms with van der Waals surface area (Å²) in [5.41, 5.74) is 4.44. The van der Waals surface area contributed by atoms with E-state index in [9.17, 15) is 0 Å². The number of aromatic nitrogens is 1. The molecule has 0 atom stereocenters. The van der Waals surface area contributed by atoms with E-state index in [2.05, 4.69) is 46.7 Å². The Labute approximate surface area is 134 Å². The van der Waals surface area contributed by atoms with Crippen LogP contribution in [-0.2, 0) is 0 Å². The molecule has 0 bridgehead atoms. The molecule has 0 saturated carbocycles. The number of anilines is 1. The van der Waals surface area contributed by atoms with Gasteiger partial charge in [-0.1, -0.05) is 54.6 Å². The Hall–Kier alpha value is -2.46. The predicted octanol–water partition coefficient (Wildman–Crippen LogP) is 4.59. The molecule has 0 N–H and O–H groups in total. The maximum atomic E-state index is 4.65. The number of benzene rings is 2. The largest absolute Gasteiger partial charge is 0.242 e. The molecule has 0 aliphatic carbocycles. The summed E-state index contributed by atoms with van der Waals surface area (Å²) in [6, 6.07) is 18.4. The fourth-order valence-electron chi connectivity index (χ4n) is 2.08. The van der Waals surface area contributed by atoms with Crippen molar-refractivity contribution in [3.8, 4) is 11.3 Å². The van der Waals surface area contributed by atoms with E-state index in [1.165, 1.54) is 5.56 Å². The Morgan fingerprint density at radius 3 is 2.55 bits per heavy atom. The first-order valence-corrected chi connectivity index (χ1v) is 7.96. The molecular formula is C18H17N3S. The van der Waals surface area contributed by atoms with Gasteiger partial charge in [0.2, 0.25) is 5.13 Å². The maximum Gasteiger partial charge on any atom is 0.206 e. The van der Waals surface area contributed by atoms with E-state index in [1.54, 1.807) is 11.3 Å². The molecule has 3 aromatic rings. The quantitative estimate of drug-likeness (QED) is 0.521. The van der Waals surface area contributed by atoms with Gasteiger partial charge in [-0.25, -0.2) is 9.99 Å². The van der Waals surface area contributed by atoms with Gasteiger partial charge < -0.3 is 0 Å². The van der Waals surface area contributed by atoms with Crippen molar-refractivity contribution in [2.24, 2.45) is 5.10 Å². The molecule has 0 fully saturated rings. The molecule has 2 aromatic carbocycles. The van der Waals surface area contributed by atoms with Gasteiger partial charge in [-0.3, -0.25) is 0 Å². The van der Waals surface area contributed by atoms with Gasteiger partial charge in [0.1, 0.15) is 0 Å². The molecule has 0 aliphatic rings. The van der Waals surface area contributed by atoms with Gasteiger partial charge in [0.15, 0.2) is 0 Å². The Morgan fingerprint density at radius 2 is 1.77 bits per heavy atom. The fraction of sp³-hybridized carbons (Fsp3) is 0.111. The van der Waals surface area contributed by atoms with E-state index < -0.39 is 0 Å². The van der Waals surface area contributed by atoms with Gasteiger partial charge in [-0.2, -0.15) is 5.10 Å². The molecule has 0 unspecified atom stereocenters. The van der Waals surface area contributed by atoms with Gasteiger partial charge in [-0.15, -0.1) is 11.3 Å². The molecule has 1 heterocycles. The molecular weight excluding hydrogens is 290 g/mol. The van der Waals surface area contributed by atoms with Crippen molar-refractivity contribution in [2.45, 2.75) is 6.92 Å². The molecule has 3 nitrogen and oxygen atoms in total. The summed E-state index contributed by atoms with van der Waals surface area (Å²) >= 11 is 1.59. The second-order valence-electron chi connectivity index (χ2n) is 5.01. The molecule has 0 aliphatic heterocycles. The lowest BCUT2D eigenvalue weighted by Crippen LogP contribution is -2.08. The third kappa shape index (κ3) is 3.23. The summed E-state index contributed by atoms with van der Waals surface area (Å²) in [6.07, 6.45) is 1.87. The van der Waals surface area contributed by atoms with Crippen LogP contribution in [0.15, 0.2) is 65.1 Å². The number of aryl methyl sites for hydroxylation is 1. The molecule has 0 radical (unpaired) electrons. The van der Waals surface area contributed by atoms with Crippen molar-refractivity contribution in [1.82, 2.24) is 4.98 Å². The normalized spacial score (nSPS) is 11.0. The number of hydrazone groups is 1. The second kappa shape index (κ2) is 6.54. The van der Waals surface area contributed by atoms with Crippen LogP contribution >= 0.6 is 11.3 Å². The van der Waals surface area contributed by atoms with Crippen LogP contribution in [0, 0.1) is 6.92 Å². The minimum absolute atomic E-state index is 0.878. The second-order valence-corrected chi connectivity index (χ2v) is 5.84. The Morgan fingerprint density at radius 1 is 1.05 bits per heavy atom. The Kier molecular flexibility index (Phi) is 4.30. The van der Waals surface area contributed by atoms with Crippen molar-refractivity contribution in [2.75, 3.05) is 12.1 Å². The Balaban J connectivity index is 1.77. The summed E-state index contributed by atoms with van der Waals surface area (Å²) in [7, 11) is 1.92. The molecule has 4 heteroatoms. The lowest BCUT2D eigenvalue weighted by atomic mass is 10.1. The van der Waals surface area contributed by atoms with Gasteiger partial charge in [0.25, 0.3) is 0 Å². The minimum Gasteiger partial charge on any atom is -0.242 e.